The third-order valence-corrected chi connectivity index (χ3v) is 12.3. The quantitative estimate of drug-likeness (QED) is 0.381. The van der Waals surface area contributed by atoms with Gasteiger partial charge in [0.25, 0.3) is 5.91 Å². The van der Waals surface area contributed by atoms with Crippen LogP contribution in [0.1, 0.15) is 64.5 Å². The van der Waals surface area contributed by atoms with Crippen LogP contribution in [0.15, 0.2) is 57.8 Å². The standard InChI is InChI=1S/C36H46ClN3O6S/c1-23(2)33(41)38-47(43)27-12-15-32-30(19-27)40(21-36(22-45-32)16-6-8-24-18-26(37)11-14-29(24)36)20-25-10-13-28(25)31(44-5)9-7-17-46-35(3,4)34(42)39-47/h7,9,11-12,14-15,18-19,23,25,28,31H,6,8,10,13,16-17,20-22H2,1-5H3,(H,38,39,41,42,43)/t25-,28+,31+,36-,47?/m0/s1. The lowest BCUT2D eigenvalue weighted by Gasteiger charge is -2.46. The number of fused-ring (bicyclic) bond motifs is 4. The van der Waals surface area contributed by atoms with Crippen molar-refractivity contribution < 1.29 is 28.0 Å². The zero-order valence-corrected chi connectivity index (χ0v) is 29.5. The van der Waals surface area contributed by atoms with Crippen molar-refractivity contribution in [3.63, 3.8) is 0 Å². The molecule has 0 aromatic heterocycles. The summed E-state index contributed by atoms with van der Waals surface area (Å²) in [6.07, 6.45) is 8.83. The summed E-state index contributed by atoms with van der Waals surface area (Å²) in [7, 11) is -2.01. The molecule has 6 rings (SSSR count). The molecule has 47 heavy (non-hydrogen) atoms. The van der Waals surface area contributed by atoms with Crippen LogP contribution in [0.5, 0.6) is 5.75 Å². The summed E-state index contributed by atoms with van der Waals surface area (Å²) in [6.45, 7) is 8.66. The Kier molecular flexibility index (Phi) is 9.52. The number of nitrogens with one attached hydrogen (secondary N) is 1. The first-order chi connectivity index (χ1) is 22.3. The topological polar surface area (TPSA) is 107 Å². The van der Waals surface area contributed by atoms with Crippen molar-refractivity contribution in [1.82, 2.24) is 4.72 Å². The number of nitrogens with zero attached hydrogens (tertiary/aromatic N) is 2. The molecule has 0 saturated heterocycles. The van der Waals surface area contributed by atoms with Crippen LogP contribution in [0.3, 0.4) is 0 Å². The maximum atomic E-state index is 14.8. The number of carbonyl (C=O) groups excluding carboxylic acids is 2. The molecule has 9 nitrogen and oxygen atoms in total. The fourth-order valence-electron chi connectivity index (χ4n) is 7.32. The average molecular weight is 684 g/mol. The van der Waals surface area contributed by atoms with E-state index in [0.717, 1.165) is 49.4 Å². The molecule has 2 aliphatic heterocycles. The van der Waals surface area contributed by atoms with Crippen LogP contribution in [0.2, 0.25) is 5.02 Å². The van der Waals surface area contributed by atoms with Gasteiger partial charge >= 0.3 is 0 Å². The summed E-state index contributed by atoms with van der Waals surface area (Å²) in [5.74, 6) is -0.366. The van der Waals surface area contributed by atoms with Gasteiger partial charge in [-0.15, -0.1) is 4.36 Å². The molecule has 1 spiro atoms. The predicted octanol–water partition coefficient (Wildman–Crippen LogP) is 6.26. The van der Waals surface area contributed by atoms with E-state index < -0.39 is 33.2 Å². The van der Waals surface area contributed by atoms with Crippen molar-refractivity contribution >= 4 is 39.0 Å². The lowest BCUT2D eigenvalue weighted by molar-refractivity contribution is -0.137. The molecule has 1 fully saturated rings. The second kappa shape index (κ2) is 13.2. The number of hydrogen-bond acceptors (Lipinski definition) is 7. The van der Waals surface area contributed by atoms with E-state index in [0.29, 0.717) is 30.7 Å². The second-order valence-corrected chi connectivity index (χ2v) is 16.6. The van der Waals surface area contributed by atoms with Gasteiger partial charge in [-0.3, -0.25) is 14.3 Å². The maximum absolute atomic E-state index is 14.8. The molecule has 1 N–H and O–H groups in total. The summed E-state index contributed by atoms with van der Waals surface area (Å²) in [5.41, 5.74) is 1.60. The number of ether oxygens (including phenoxy) is 3. The lowest BCUT2D eigenvalue weighted by atomic mass is 9.68. The van der Waals surface area contributed by atoms with Gasteiger partial charge in [0.05, 0.1) is 29.9 Å². The summed E-state index contributed by atoms with van der Waals surface area (Å²) in [5, 5.41) is 0.731. The van der Waals surface area contributed by atoms with Gasteiger partial charge in [-0.2, -0.15) is 0 Å². The third-order valence-electron chi connectivity index (χ3n) is 10.3. The average Bonchev–Trinajstić information content (AvgIpc) is 3.16. The number of rotatable bonds is 3. The Bertz CT molecular complexity index is 1700. The highest BCUT2D eigenvalue weighted by atomic mass is 35.5. The van der Waals surface area contributed by atoms with Gasteiger partial charge in [-0.25, -0.2) is 4.21 Å². The molecule has 2 amide bonds. The summed E-state index contributed by atoms with van der Waals surface area (Å²) in [4.78, 5) is 29.2. The van der Waals surface area contributed by atoms with Gasteiger partial charge in [0.2, 0.25) is 5.91 Å². The highest BCUT2D eigenvalue weighted by molar-refractivity contribution is 7.92. The Balaban J connectivity index is 1.51. The minimum Gasteiger partial charge on any atom is -0.490 e. The first-order valence-electron chi connectivity index (χ1n) is 16.6. The molecular formula is C36H46ClN3O6S. The summed E-state index contributed by atoms with van der Waals surface area (Å²) < 4.78 is 40.1. The summed E-state index contributed by atoms with van der Waals surface area (Å²) >= 11 is 6.45. The Labute approximate surface area is 283 Å². The molecule has 2 aromatic rings. The monoisotopic (exact) mass is 683 g/mol. The molecular weight excluding hydrogens is 638 g/mol. The minimum absolute atomic E-state index is 0.0979. The molecule has 2 heterocycles. The molecule has 5 atom stereocenters. The third kappa shape index (κ3) is 6.71. The molecule has 0 radical (unpaired) electrons. The van der Waals surface area contributed by atoms with Gasteiger partial charge in [0.15, 0.2) is 9.92 Å². The van der Waals surface area contributed by atoms with E-state index in [1.807, 2.05) is 18.2 Å². The van der Waals surface area contributed by atoms with E-state index in [4.69, 9.17) is 25.8 Å². The highest BCUT2D eigenvalue weighted by Crippen LogP contribution is 2.47. The van der Waals surface area contributed by atoms with Crippen molar-refractivity contribution in [3.8, 4) is 5.75 Å². The SMILES string of the molecule is CO[C@@H]1C=CCOC(C)(C)C(=O)N=S(=O)(NC(=O)C(C)C)c2ccc3c(c2)N(C[C@@H]2CC[C@H]21)C[C@@]1(CCCc2cc(Cl)ccc21)CO3. The van der Waals surface area contributed by atoms with Crippen LogP contribution in [0.25, 0.3) is 0 Å². The van der Waals surface area contributed by atoms with E-state index >= 15 is 0 Å². The number of methoxy groups -OCH3 is 1. The molecule has 1 unspecified atom stereocenters. The second-order valence-electron chi connectivity index (χ2n) is 14.2. The van der Waals surface area contributed by atoms with Crippen LogP contribution in [0.4, 0.5) is 5.69 Å². The molecule has 2 aromatic carbocycles. The molecule has 1 saturated carbocycles. The normalized spacial score (nSPS) is 30.3. The Morgan fingerprint density at radius 1 is 1.19 bits per heavy atom. The van der Waals surface area contributed by atoms with Crippen molar-refractivity contribution in [1.29, 1.82) is 0 Å². The predicted molar refractivity (Wildman–Crippen MR) is 183 cm³/mol. The van der Waals surface area contributed by atoms with Crippen molar-refractivity contribution in [2.75, 3.05) is 38.3 Å². The van der Waals surface area contributed by atoms with Gasteiger partial charge in [-0.1, -0.05) is 43.7 Å². The highest BCUT2D eigenvalue weighted by Gasteiger charge is 2.44. The fraction of sp³-hybridized carbons (Fsp3) is 0.556. The van der Waals surface area contributed by atoms with E-state index in [1.165, 1.54) is 11.1 Å². The number of amides is 2. The first kappa shape index (κ1) is 34.0. The number of hydrogen-bond donors (Lipinski definition) is 1. The van der Waals surface area contributed by atoms with Gasteiger partial charge in [-0.05, 0) is 99.2 Å². The summed E-state index contributed by atoms with van der Waals surface area (Å²) in [6, 6.07) is 11.4. The number of aryl methyl sites for hydroxylation is 1. The Morgan fingerprint density at radius 3 is 2.72 bits per heavy atom. The zero-order chi connectivity index (χ0) is 33.6. The fourth-order valence-corrected chi connectivity index (χ4v) is 9.27. The van der Waals surface area contributed by atoms with Crippen LogP contribution >= 0.6 is 11.6 Å². The van der Waals surface area contributed by atoms with E-state index in [1.54, 1.807) is 53.0 Å². The number of carbonyl (C=O) groups is 2. The van der Waals surface area contributed by atoms with Crippen LogP contribution in [0, 0.1) is 17.8 Å². The maximum Gasteiger partial charge on any atom is 0.287 e. The Morgan fingerprint density at radius 2 is 2.00 bits per heavy atom. The van der Waals surface area contributed by atoms with Crippen LogP contribution < -0.4 is 14.4 Å². The van der Waals surface area contributed by atoms with Crippen molar-refractivity contribution in [2.45, 2.75) is 81.8 Å². The first-order valence-corrected chi connectivity index (χ1v) is 18.5. The molecule has 2 bridgehead atoms. The van der Waals surface area contributed by atoms with Crippen molar-refractivity contribution in [2.24, 2.45) is 22.1 Å². The van der Waals surface area contributed by atoms with E-state index in [2.05, 4.69) is 26.1 Å². The largest absolute Gasteiger partial charge is 0.490 e. The number of halogens is 1. The van der Waals surface area contributed by atoms with Crippen LogP contribution in [-0.4, -0.2) is 61.1 Å². The Hall–Kier alpha value is -2.92. The van der Waals surface area contributed by atoms with Gasteiger partial charge in [0, 0.05) is 36.6 Å². The van der Waals surface area contributed by atoms with E-state index in [-0.39, 0.29) is 23.0 Å². The number of benzene rings is 2. The molecule has 2 aliphatic carbocycles. The molecule has 4 aliphatic rings. The lowest BCUT2D eigenvalue weighted by Crippen LogP contribution is -2.49. The minimum atomic E-state index is -3.74. The van der Waals surface area contributed by atoms with Crippen molar-refractivity contribution in [3.05, 3.63) is 64.7 Å². The van der Waals surface area contributed by atoms with Crippen LogP contribution in [-0.2, 0) is 40.8 Å². The number of anilines is 1. The molecule has 11 heteroatoms. The zero-order valence-electron chi connectivity index (χ0n) is 27.9. The molecule has 254 valence electrons. The van der Waals surface area contributed by atoms with Gasteiger partial charge in [0.1, 0.15) is 11.4 Å². The smallest absolute Gasteiger partial charge is 0.287 e. The van der Waals surface area contributed by atoms with E-state index in [9.17, 15) is 13.8 Å². The van der Waals surface area contributed by atoms with Gasteiger partial charge < -0.3 is 19.1 Å².